The smallest absolute Gasteiger partial charge is 0.267 e. The molecule has 2 aliphatic heterocycles. The molecule has 10 heteroatoms. The lowest BCUT2D eigenvalue weighted by Crippen LogP contribution is -2.37. The van der Waals surface area contributed by atoms with Crippen LogP contribution in [0.4, 0.5) is 5.82 Å². The maximum absolute atomic E-state index is 13.4. The van der Waals surface area contributed by atoms with Crippen molar-refractivity contribution in [3.8, 4) is 6.07 Å². The van der Waals surface area contributed by atoms with E-state index in [4.69, 9.17) is 4.98 Å². The highest BCUT2D eigenvalue weighted by atomic mass is 32.2. The molecule has 2 saturated heterocycles. The van der Waals surface area contributed by atoms with Crippen LogP contribution in [0.15, 0.2) is 28.7 Å². The van der Waals surface area contributed by atoms with Crippen molar-refractivity contribution in [2.45, 2.75) is 39.2 Å². The average Bonchev–Trinajstić information content (AvgIpc) is 3.12. The van der Waals surface area contributed by atoms with Crippen molar-refractivity contribution in [1.29, 1.82) is 5.26 Å². The van der Waals surface area contributed by atoms with Crippen LogP contribution in [0, 0.1) is 24.2 Å². The van der Waals surface area contributed by atoms with Crippen LogP contribution < -0.4 is 15.8 Å². The molecular formula is C23H27N5O4S. The molecule has 9 nitrogen and oxygen atoms in total. The largest absolute Gasteiger partial charge is 0.356 e. The fourth-order valence-corrected chi connectivity index (χ4v) is 6.03. The molecule has 4 heterocycles. The maximum atomic E-state index is 13.4. The molecule has 1 unspecified atom stereocenters. The first-order valence-corrected chi connectivity index (χ1v) is 12.9. The number of rotatable bonds is 4. The van der Waals surface area contributed by atoms with Crippen LogP contribution >= 0.6 is 0 Å². The van der Waals surface area contributed by atoms with Crippen LogP contribution in [0.3, 0.4) is 0 Å². The van der Waals surface area contributed by atoms with Crippen LogP contribution in [-0.4, -0.2) is 54.3 Å². The highest BCUT2D eigenvalue weighted by Gasteiger charge is 2.30. The Labute approximate surface area is 192 Å². The first kappa shape index (κ1) is 23.0. The van der Waals surface area contributed by atoms with E-state index in [0.717, 1.165) is 31.5 Å². The summed E-state index contributed by atoms with van der Waals surface area (Å²) in [5.41, 5.74) is 0.946. The Kier molecular flexibility index (Phi) is 6.26. The Balaban J connectivity index is 1.77. The van der Waals surface area contributed by atoms with E-state index < -0.39 is 21.8 Å². The van der Waals surface area contributed by atoms with Gasteiger partial charge in [0.25, 0.3) is 11.5 Å². The van der Waals surface area contributed by atoms with Gasteiger partial charge < -0.3 is 10.2 Å². The molecular weight excluding hydrogens is 442 g/mol. The van der Waals surface area contributed by atoms with Crippen molar-refractivity contribution >= 4 is 33.3 Å². The number of nitrogens with one attached hydrogen (secondary N) is 1. The van der Waals surface area contributed by atoms with Gasteiger partial charge in [-0.1, -0.05) is 13.0 Å². The number of aromatic nitrogens is 2. The molecule has 0 spiro atoms. The fourth-order valence-electron chi connectivity index (χ4n) is 4.35. The van der Waals surface area contributed by atoms with E-state index in [2.05, 4.69) is 12.2 Å². The maximum Gasteiger partial charge on any atom is 0.267 e. The molecule has 1 atom stereocenters. The third kappa shape index (κ3) is 4.78. The molecule has 1 N–H and O–H groups in total. The lowest BCUT2D eigenvalue weighted by atomic mass is 9.99. The van der Waals surface area contributed by atoms with Gasteiger partial charge in [-0.05, 0) is 49.8 Å². The number of amides is 1. The number of anilines is 1. The molecule has 33 heavy (non-hydrogen) atoms. The Hall–Kier alpha value is -3.19. The number of sulfone groups is 1. The van der Waals surface area contributed by atoms with Crippen LogP contribution in [0.25, 0.3) is 11.7 Å². The van der Waals surface area contributed by atoms with E-state index in [1.165, 1.54) is 10.5 Å². The van der Waals surface area contributed by atoms with Crippen LogP contribution in [0.2, 0.25) is 0 Å². The van der Waals surface area contributed by atoms with Crippen molar-refractivity contribution in [3.05, 3.63) is 45.4 Å². The monoisotopic (exact) mass is 469 g/mol. The van der Waals surface area contributed by atoms with Gasteiger partial charge in [0, 0.05) is 25.3 Å². The van der Waals surface area contributed by atoms with Gasteiger partial charge in [0.1, 0.15) is 23.1 Å². The highest BCUT2D eigenvalue weighted by Crippen LogP contribution is 2.26. The first-order chi connectivity index (χ1) is 15.7. The van der Waals surface area contributed by atoms with Crippen molar-refractivity contribution < 1.29 is 13.2 Å². The van der Waals surface area contributed by atoms with Crippen LogP contribution in [0.5, 0.6) is 0 Å². The summed E-state index contributed by atoms with van der Waals surface area (Å²) in [5.74, 6) is 0.216. The van der Waals surface area contributed by atoms with Gasteiger partial charge in [0.15, 0.2) is 9.84 Å². The number of aryl methyl sites for hydroxylation is 1. The quantitative estimate of drug-likeness (QED) is 0.531. The first-order valence-electron chi connectivity index (χ1n) is 11.1. The summed E-state index contributed by atoms with van der Waals surface area (Å²) in [6.45, 7) is 5.52. The summed E-state index contributed by atoms with van der Waals surface area (Å²) in [5, 5.41) is 12.3. The number of fused-ring (bicyclic) bond motifs is 1. The predicted octanol–water partition coefficient (Wildman–Crippen LogP) is 1.45. The lowest BCUT2D eigenvalue weighted by molar-refractivity contribution is -0.117. The SMILES string of the molecule is Cc1cccn2c(=O)c(/C=C(\C#N)C(=O)NC3CCS(=O)(=O)C3)c(N3CCC(C)CC3)nc12. The molecule has 1 amide bonds. The molecule has 2 aromatic rings. The molecule has 4 rings (SSSR count). The molecule has 2 fully saturated rings. The molecule has 0 aliphatic carbocycles. The summed E-state index contributed by atoms with van der Waals surface area (Å²) in [6, 6.07) is 4.96. The standard InChI is InChI=1S/C23H27N5O4S/c1-15-5-9-27(10-6-15)21-19(23(30)28-8-3-4-16(2)20(28)26-21)12-17(13-24)22(29)25-18-7-11-33(31,32)14-18/h3-4,8,12,15,18H,5-7,9-11,14H2,1-2H3,(H,25,29)/b17-12+. The zero-order valence-corrected chi connectivity index (χ0v) is 19.6. The number of nitrogens with zero attached hydrogens (tertiary/aromatic N) is 4. The van der Waals surface area contributed by atoms with Gasteiger partial charge >= 0.3 is 0 Å². The lowest BCUT2D eigenvalue weighted by Gasteiger charge is -2.32. The van der Waals surface area contributed by atoms with Crippen LogP contribution in [0.1, 0.15) is 37.3 Å². The predicted molar refractivity (Wildman–Crippen MR) is 126 cm³/mol. The van der Waals surface area contributed by atoms with E-state index in [1.807, 2.05) is 24.0 Å². The molecule has 0 radical (unpaired) electrons. The number of carbonyl (C=O) groups is 1. The zero-order valence-electron chi connectivity index (χ0n) is 18.7. The number of nitriles is 1. The van der Waals surface area contributed by atoms with Gasteiger partial charge in [0.2, 0.25) is 0 Å². The normalized spacial score (nSPS) is 21.2. The van der Waals surface area contributed by atoms with E-state index in [-0.39, 0.29) is 28.2 Å². The number of pyridine rings is 1. The van der Waals surface area contributed by atoms with Crippen LogP contribution in [-0.2, 0) is 14.6 Å². The van der Waals surface area contributed by atoms with Crippen molar-refractivity contribution in [2.75, 3.05) is 29.5 Å². The minimum Gasteiger partial charge on any atom is -0.356 e. The van der Waals surface area contributed by atoms with E-state index >= 15 is 0 Å². The summed E-state index contributed by atoms with van der Waals surface area (Å²) in [4.78, 5) is 33.0. The minimum atomic E-state index is -3.18. The third-order valence-corrected chi connectivity index (χ3v) is 8.14. The third-order valence-electron chi connectivity index (χ3n) is 6.37. The second kappa shape index (κ2) is 8.98. The highest BCUT2D eigenvalue weighted by molar-refractivity contribution is 7.91. The molecule has 2 aliphatic rings. The second-order valence-electron chi connectivity index (χ2n) is 8.95. The summed E-state index contributed by atoms with van der Waals surface area (Å²) in [6.07, 6.45) is 5.13. The van der Waals surface area contributed by atoms with E-state index in [0.29, 0.717) is 23.8 Å². The Morgan fingerprint density at radius 3 is 2.67 bits per heavy atom. The number of piperidine rings is 1. The van der Waals surface area contributed by atoms with Gasteiger partial charge in [-0.3, -0.25) is 14.0 Å². The fraction of sp³-hybridized carbons (Fsp3) is 0.478. The second-order valence-corrected chi connectivity index (χ2v) is 11.2. The molecule has 0 saturated carbocycles. The molecule has 0 bridgehead atoms. The number of hydrogen-bond donors (Lipinski definition) is 1. The molecule has 2 aromatic heterocycles. The Morgan fingerprint density at radius 2 is 2.03 bits per heavy atom. The number of carbonyl (C=O) groups excluding carboxylic acids is 1. The van der Waals surface area contributed by atoms with E-state index in [1.54, 1.807) is 12.3 Å². The molecule has 0 aromatic carbocycles. The number of hydrogen-bond acceptors (Lipinski definition) is 7. The van der Waals surface area contributed by atoms with Crippen molar-refractivity contribution in [3.63, 3.8) is 0 Å². The van der Waals surface area contributed by atoms with Crippen molar-refractivity contribution in [1.82, 2.24) is 14.7 Å². The molecule has 174 valence electrons. The average molecular weight is 470 g/mol. The van der Waals surface area contributed by atoms with E-state index in [9.17, 15) is 23.3 Å². The van der Waals surface area contributed by atoms with Gasteiger partial charge in [-0.15, -0.1) is 0 Å². The van der Waals surface area contributed by atoms with Crippen molar-refractivity contribution in [2.24, 2.45) is 5.92 Å². The van der Waals surface area contributed by atoms with Gasteiger partial charge in [-0.25, -0.2) is 13.4 Å². The summed E-state index contributed by atoms with van der Waals surface area (Å²) >= 11 is 0. The van der Waals surface area contributed by atoms with Gasteiger partial charge in [-0.2, -0.15) is 5.26 Å². The summed E-state index contributed by atoms with van der Waals surface area (Å²) in [7, 11) is -3.18. The minimum absolute atomic E-state index is 0.0103. The summed E-state index contributed by atoms with van der Waals surface area (Å²) < 4.78 is 24.8. The topological polar surface area (TPSA) is 125 Å². The van der Waals surface area contributed by atoms with Gasteiger partial charge in [0.05, 0.1) is 17.1 Å². The zero-order chi connectivity index (χ0) is 23.8. The Bertz CT molecular complexity index is 1330. The Morgan fingerprint density at radius 1 is 1.30 bits per heavy atom.